The van der Waals surface area contributed by atoms with E-state index < -0.39 is 0 Å². The Morgan fingerprint density at radius 1 is 1.30 bits per heavy atom. The molecule has 0 fully saturated rings. The maximum atomic E-state index is 12.2. The van der Waals surface area contributed by atoms with E-state index in [1.54, 1.807) is 34.4 Å². The van der Waals surface area contributed by atoms with Crippen molar-refractivity contribution in [2.24, 2.45) is 0 Å². The Bertz CT molecular complexity index is 683. The molecule has 3 rings (SSSR count). The molecule has 4 nitrogen and oxygen atoms in total. The molecule has 1 aliphatic heterocycles. The second kappa shape index (κ2) is 5.38. The second-order valence-corrected chi connectivity index (χ2v) is 6.32. The molecule has 0 saturated carbocycles. The van der Waals surface area contributed by atoms with Gasteiger partial charge in [-0.05, 0) is 34.1 Å². The van der Waals surface area contributed by atoms with Crippen LogP contribution in [0.5, 0.6) is 0 Å². The highest BCUT2D eigenvalue weighted by atomic mass is 79.9. The molecule has 1 aromatic carbocycles. The molecule has 0 unspecified atom stereocenters. The van der Waals surface area contributed by atoms with Gasteiger partial charge >= 0.3 is 0 Å². The number of carbonyl (C=O) groups is 2. The van der Waals surface area contributed by atoms with Crippen molar-refractivity contribution in [3.8, 4) is 0 Å². The van der Waals surface area contributed by atoms with Crippen LogP contribution in [0.2, 0.25) is 0 Å². The van der Waals surface area contributed by atoms with E-state index >= 15 is 0 Å². The Morgan fingerprint density at radius 3 is 2.85 bits per heavy atom. The first kappa shape index (κ1) is 13.3. The number of nitrogens with zero attached hydrogens (tertiary/aromatic N) is 1. The fourth-order valence-electron chi connectivity index (χ4n) is 2.15. The van der Waals surface area contributed by atoms with Crippen molar-refractivity contribution in [1.82, 2.24) is 5.32 Å². The fourth-order valence-corrected chi connectivity index (χ4v) is 3.59. The SMILES string of the molecule is O=C1NCC(=O)N(Cc2cc(Br)cs2)c2ccccc21. The lowest BCUT2D eigenvalue weighted by atomic mass is 10.1. The molecule has 0 bridgehead atoms. The van der Waals surface area contributed by atoms with Crippen LogP contribution < -0.4 is 10.2 Å². The first-order valence-corrected chi connectivity index (χ1v) is 7.73. The van der Waals surface area contributed by atoms with E-state index in [1.807, 2.05) is 17.5 Å². The monoisotopic (exact) mass is 350 g/mol. The predicted octanol–water partition coefficient (Wildman–Crippen LogP) is 2.79. The van der Waals surface area contributed by atoms with Crippen molar-refractivity contribution in [1.29, 1.82) is 0 Å². The van der Waals surface area contributed by atoms with Crippen molar-refractivity contribution >= 4 is 44.8 Å². The normalized spacial score (nSPS) is 14.8. The summed E-state index contributed by atoms with van der Waals surface area (Å²) in [6.45, 7) is 0.501. The molecule has 0 saturated heterocycles. The molecule has 2 amide bonds. The number of halogens is 1. The van der Waals surface area contributed by atoms with Gasteiger partial charge in [0.15, 0.2) is 0 Å². The van der Waals surface area contributed by atoms with Crippen LogP contribution in [-0.2, 0) is 11.3 Å². The van der Waals surface area contributed by atoms with Crippen molar-refractivity contribution in [3.63, 3.8) is 0 Å². The second-order valence-electron chi connectivity index (χ2n) is 4.41. The molecule has 6 heteroatoms. The van der Waals surface area contributed by atoms with Gasteiger partial charge in [0.2, 0.25) is 5.91 Å². The van der Waals surface area contributed by atoms with E-state index in [-0.39, 0.29) is 18.4 Å². The van der Waals surface area contributed by atoms with Gasteiger partial charge in [-0.15, -0.1) is 11.3 Å². The topological polar surface area (TPSA) is 49.4 Å². The highest BCUT2D eigenvalue weighted by Crippen LogP contribution is 2.27. The first-order valence-electron chi connectivity index (χ1n) is 6.05. The molecule has 1 aromatic heterocycles. The molecule has 102 valence electrons. The van der Waals surface area contributed by atoms with Crippen molar-refractivity contribution in [3.05, 3.63) is 50.6 Å². The van der Waals surface area contributed by atoms with E-state index in [0.717, 1.165) is 9.35 Å². The highest BCUT2D eigenvalue weighted by molar-refractivity contribution is 9.10. The highest BCUT2D eigenvalue weighted by Gasteiger charge is 2.26. The molecule has 1 aliphatic rings. The smallest absolute Gasteiger partial charge is 0.253 e. The molecule has 1 N–H and O–H groups in total. The maximum Gasteiger partial charge on any atom is 0.253 e. The standard InChI is InChI=1S/C14H11BrN2O2S/c15-9-5-10(20-8-9)7-17-12-4-2-1-3-11(12)14(19)16-6-13(17)18/h1-5,8H,6-7H2,(H,16,19). The first-order chi connectivity index (χ1) is 9.65. The minimum absolute atomic E-state index is 0.0278. The summed E-state index contributed by atoms with van der Waals surface area (Å²) < 4.78 is 1.00. The zero-order chi connectivity index (χ0) is 14.1. The van der Waals surface area contributed by atoms with Gasteiger partial charge in [0, 0.05) is 14.7 Å². The van der Waals surface area contributed by atoms with E-state index in [2.05, 4.69) is 21.2 Å². The molecule has 0 radical (unpaired) electrons. The largest absolute Gasteiger partial charge is 0.343 e. The molecule has 0 spiro atoms. The van der Waals surface area contributed by atoms with Gasteiger partial charge in [0.25, 0.3) is 5.91 Å². The third-order valence-electron chi connectivity index (χ3n) is 3.08. The molecule has 0 atom stereocenters. The van der Waals surface area contributed by atoms with Gasteiger partial charge in [-0.25, -0.2) is 0 Å². The number of benzene rings is 1. The van der Waals surface area contributed by atoms with E-state index in [1.165, 1.54) is 0 Å². The summed E-state index contributed by atoms with van der Waals surface area (Å²) in [6, 6.07) is 9.16. The van der Waals surface area contributed by atoms with Gasteiger partial charge in [-0.3, -0.25) is 9.59 Å². The predicted molar refractivity (Wildman–Crippen MR) is 82.0 cm³/mol. The number of anilines is 1. The lowest BCUT2D eigenvalue weighted by molar-refractivity contribution is -0.117. The van der Waals surface area contributed by atoms with Gasteiger partial charge in [-0.1, -0.05) is 12.1 Å². The van der Waals surface area contributed by atoms with Crippen LogP contribution in [-0.4, -0.2) is 18.4 Å². The molecule has 0 aliphatic carbocycles. The van der Waals surface area contributed by atoms with Crippen LogP contribution in [0.3, 0.4) is 0 Å². The third kappa shape index (κ3) is 2.48. The van der Waals surface area contributed by atoms with Crippen molar-refractivity contribution in [2.45, 2.75) is 6.54 Å². The van der Waals surface area contributed by atoms with Crippen molar-refractivity contribution in [2.75, 3.05) is 11.4 Å². The number of para-hydroxylation sites is 1. The molecule has 2 heterocycles. The van der Waals surface area contributed by atoms with Crippen LogP contribution in [0.25, 0.3) is 0 Å². The van der Waals surface area contributed by atoms with Crippen LogP contribution in [0.4, 0.5) is 5.69 Å². The number of rotatable bonds is 2. The molecule has 2 aromatic rings. The van der Waals surface area contributed by atoms with Crippen molar-refractivity contribution < 1.29 is 9.59 Å². The van der Waals surface area contributed by atoms with Gasteiger partial charge in [0.1, 0.15) is 0 Å². The van der Waals surface area contributed by atoms with Crippen LogP contribution in [0.15, 0.2) is 40.2 Å². The maximum absolute atomic E-state index is 12.2. The number of thiophene rings is 1. The zero-order valence-corrected chi connectivity index (χ0v) is 12.8. The van der Waals surface area contributed by atoms with Gasteiger partial charge in [-0.2, -0.15) is 0 Å². The number of hydrogen-bond acceptors (Lipinski definition) is 3. The van der Waals surface area contributed by atoms with Crippen LogP contribution in [0, 0.1) is 0 Å². The number of carbonyl (C=O) groups excluding carboxylic acids is 2. The average molecular weight is 351 g/mol. The van der Waals surface area contributed by atoms with Gasteiger partial charge < -0.3 is 10.2 Å². The summed E-state index contributed by atoms with van der Waals surface area (Å²) in [5.41, 5.74) is 1.20. The summed E-state index contributed by atoms with van der Waals surface area (Å²) in [6.07, 6.45) is 0. The Morgan fingerprint density at radius 2 is 2.10 bits per heavy atom. The summed E-state index contributed by atoms with van der Waals surface area (Å²) in [5.74, 6) is -0.309. The fraction of sp³-hybridized carbons (Fsp3) is 0.143. The third-order valence-corrected chi connectivity index (χ3v) is 4.76. The zero-order valence-electron chi connectivity index (χ0n) is 10.4. The lowest BCUT2D eigenvalue weighted by Gasteiger charge is -2.21. The van der Waals surface area contributed by atoms with E-state index in [0.29, 0.717) is 17.8 Å². The Balaban J connectivity index is 2.01. The number of amides is 2. The lowest BCUT2D eigenvalue weighted by Crippen LogP contribution is -2.35. The van der Waals surface area contributed by atoms with Crippen LogP contribution in [0.1, 0.15) is 15.2 Å². The average Bonchev–Trinajstić information content (AvgIpc) is 2.82. The molecule has 20 heavy (non-hydrogen) atoms. The number of hydrogen-bond donors (Lipinski definition) is 1. The molecular formula is C14H11BrN2O2S. The summed E-state index contributed by atoms with van der Waals surface area (Å²) in [4.78, 5) is 26.9. The van der Waals surface area contributed by atoms with E-state index in [4.69, 9.17) is 0 Å². The molecular weight excluding hydrogens is 340 g/mol. The summed E-state index contributed by atoms with van der Waals surface area (Å²) in [5, 5.41) is 4.61. The minimum Gasteiger partial charge on any atom is -0.343 e. The Hall–Kier alpha value is -1.66. The number of fused-ring (bicyclic) bond motifs is 1. The van der Waals surface area contributed by atoms with Gasteiger partial charge in [0.05, 0.1) is 24.3 Å². The Labute approximate surface area is 128 Å². The quantitative estimate of drug-likeness (QED) is 0.905. The van der Waals surface area contributed by atoms with E-state index in [9.17, 15) is 9.59 Å². The summed E-state index contributed by atoms with van der Waals surface area (Å²) >= 11 is 4.99. The Kier molecular flexibility index (Phi) is 3.58. The minimum atomic E-state index is -0.205. The summed E-state index contributed by atoms with van der Waals surface area (Å²) in [7, 11) is 0. The van der Waals surface area contributed by atoms with Crippen LogP contribution >= 0.6 is 27.3 Å². The number of nitrogens with one attached hydrogen (secondary N) is 1.